The number of aliphatic hydroxyl groups excluding tert-OH is 1. The van der Waals surface area contributed by atoms with Gasteiger partial charge in [-0.05, 0) is 45.7 Å². The van der Waals surface area contributed by atoms with Crippen molar-refractivity contribution in [1.29, 1.82) is 0 Å². The Labute approximate surface area is 169 Å². The average molecular weight is 383 g/mol. The van der Waals surface area contributed by atoms with E-state index in [-0.39, 0.29) is 6.61 Å². The van der Waals surface area contributed by atoms with Gasteiger partial charge in [-0.3, -0.25) is 14.9 Å². The zero-order valence-electron chi connectivity index (χ0n) is 17.7. The van der Waals surface area contributed by atoms with Crippen LogP contribution in [0, 0.1) is 13.8 Å². The molecule has 2 aromatic rings. The van der Waals surface area contributed by atoms with Gasteiger partial charge in [0, 0.05) is 56.5 Å². The van der Waals surface area contributed by atoms with Gasteiger partial charge in [-0.25, -0.2) is 0 Å². The predicted octanol–water partition coefficient (Wildman–Crippen LogP) is 3.53. The Bertz CT molecular complexity index is 807. The van der Waals surface area contributed by atoms with Crippen molar-refractivity contribution in [1.82, 2.24) is 20.0 Å². The lowest BCUT2D eigenvalue weighted by molar-refractivity contribution is 0.0637. The van der Waals surface area contributed by atoms with E-state index in [4.69, 9.17) is 0 Å². The number of nitrogens with one attached hydrogen (secondary N) is 1. The number of aromatic amines is 1. The molecule has 0 bridgehead atoms. The molecule has 5 nitrogen and oxygen atoms in total. The van der Waals surface area contributed by atoms with E-state index in [0.717, 1.165) is 44.8 Å². The van der Waals surface area contributed by atoms with Crippen LogP contribution in [0.3, 0.4) is 0 Å². The third-order valence-corrected chi connectivity index (χ3v) is 5.66. The number of rotatable bonds is 7. The van der Waals surface area contributed by atoms with Crippen LogP contribution in [0.15, 0.2) is 36.0 Å². The van der Waals surface area contributed by atoms with Crippen molar-refractivity contribution >= 4 is 0 Å². The van der Waals surface area contributed by atoms with Crippen molar-refractivity contribution in [2.75, 3.05) is 32.8 Å². The van der Waals surface area contributed by atoms with E-state index in [2.05, 4.69) is 72.0 Å². The Morgan fingerprint density at radius 3 is 2.86 bits per heavy atom. The highest BCUT2D eigenvalue weighted by atomic mass is 16.3. The first-order valence-electron chi connectivity index (χ1n) is 10.3. The molecule has 1 fully saturated rings. The summed E-state index contributed by atoms with van der Waals surface area (Å²) in [5.74, 6) is 0. The number of aliphatic hydroxyl groups is 1. The predicted molar refractivity (Wildman–Crippen MR) is 115 cm³/mol. The van der Waals surface area contributed by atoms with Crippen LogP contribution in [0.1, 0.15) is 37.0 Å². The summed E-state index contributed by atoms with van der Waals surface area (Å²) in [5, 5.41) is 17.1. The van der Waals surface area contributed by atoms with Gasteiger partial charge in [-0.2, -0.15) is 5.10 Å². The molecule has 1 aliphatic rings. The zero-order valence-corrected chi connectivity index (χ0v) is 17.7. The molecule has 28 heavy (non-hydrogen) atoms. The highest BCUT2D eigenvalue weighted by Gasteiger charge is 2.26. The van der Waals surface area contributed by atoms with Gasteiger partial charge in [-0.15, -0.1) is 0 Å². The molecule has 2 heterocycles. The van der Waals surface area contributed by atoms with E-state index in [1.54, 1.807) is 0 Å². The summed E-state index contributed by atoms with van der Waals surface area (Å²) in [5.41, 5.74) is 7.49. The maximum atomic E-state index is 9.53. The quantitative estimate of drug-likeness (QED) is 0.720. The lowest BCUT2D eigenvalue weighted by Gasteiger charge is -2.41. The summed E-state index contributed by atoms with van der Waals surface area (Å²) in [4.78, 5) is 5.00. The summed E-state index contributed by atoms with van der Waals surface area (Å²) in [6, 6.07) is 6.96. The summed E-state index contributed by atoms with van der Waals surface area (Å²) >= 11 is 0. The number of aromatic nitrogens is 2. The van der Waals surface area contributed by atoms with Crippen LogP contribution in [0.4, 0.5) is 0 Å². The Morgan fingerprint density at radius 2 is 2.11 bits per heavy atom. The molecule has 1 aromatic heterocycles. The number of hydrogen-bond donors (Lipinski definition) is 2. The maximum Gasteiger partial charge on any atom is 0.0698 e. The molecule has 0 amide bonds. The molecule has 0 radical (unpaired) electrons. The number of allylic oxidation sites excluding steroid dienone is 1. The summed E-state index contributed by atoms with van der Waals surface area (Å²) in [7, 11) is 0. The van der Waals surface area contributed by atoms with Crippen molar-refractivity contribution in [2.24, 2.45) is 0 Å². The second kappa shape index (κ2) is 9.50. The normalized spacial score (nSPS) is 18.4. The van der Waals surface area contributed by atoms with Crippen molar-refractivity contribution in [2.45, 2.75) is 46.7 Å². The van der Waals surface area contributed by atoms with Crippen LogP contribution in [-0.4, -0.2) is 63.9 Å². The van der Waals surface area contributed by atoms with E-state index in [1.165, 1.54) is 27.8 Å². The van der Waals surface area contributed by atoms with E-state index in [0.29, 0.717) is 6.04 Å². The third kappa shape index (κ3) is 5.10. The number of H-pyrrole nitrogens is 1. The lowest BCUT2D eigenvalue weighted by Crippen LogP contribution is -2.53. The number of nitrogens with zero attached hydrogens (tertiary/aromatic N) is 3. The molecule has 1 aliphatic heterocycles. The average Bonchev–Trinajstić information content (AvgIpc) is 3.11. The van der Waals surface area contributed by atoms with E-state index in [9.17, 15) is 5.11 Å². The molecule has 2 N–H and O–H groups in total. The minimum Gasteiger partial charge on any atom is -0.396 e. The molecule has 5 heteroatoms. The lowest BCUT2D eigenvalue weighted by atomic mass is 10.00. The number of benzene rings is 1. The minimum absolute atomic E-state index is 0.239. The van der Waals surface area contributed by atoms with Gasteiger partial charge in [-0.1, -0.05) is 29.3 Å². The standard InChI is InChI=1S/C23H34N4O/c1-17(2)7-9-27-11-10-26(16-21(27)8-12-28)15-20-14-24-25-23(20)22-13-18(3)5-6-19(22)4/h5-7,13-14,21,28H,8-12,15-16H2,1-4H3,(H,24,25). The smallest absolute Gasteiger partial charge is 0.0698 e. The van der Waals surface area contributed by atoms with Crippen molar-refractivity contribution in [3.63, 3.8) is 0 Å². The van der Waals surface area contributed by atoms with Crippen LogP contribution in [0.25, 0.3) is 11.3 Å². The Morgan fingerprint density at radius 1 is 1.29 bits per heavy atom. The van der Waals surface area contributed by atoms with Gasteiger partial charge in [0.25, 0.3) is 0 Å². The van der Waals surface area contributed by atoms with Crippen LogP contribution in [0.2, 0.25) is 0 Å². The fourth-order valence-corrected chi connectivity index (χ4v) is 3.97. The van der Waals surface area contributed by atoms with Crippen LogP contribution in [-0.2, 0) is 6.54 Å². The Balaban J connectivity index is 1.72. The Kier molecular flexibility index (Phi) is 7.05. The number of aryl methyl sites for hydroxylation is 2. The fourth-order valence-electron chi connectivity index (χ4n) is 3.97. The molecule has 1 unspecified atom stereocenters. The zero-order chi connectivity index (χ0) is 20.1. The molecular weight excluding hydrogens is 348 g/mol. The van der Waals surface area contributed by atoms with Crippen LogP contribution in [0.5, 0.6) is 0 Å². The van der Waals surface area contributed by atoms with Gasteiger partial charge in [0.2, 0.25) is 0 Å². The molecule has 3 rings (SSSR count). The van der Waals surface area contributed by atoms with E-state index < -0.39 is 0 Å². The molecule has 0 aliphatic carbocycles. The van der Waals surface area contributed by atoms with E-state index in [1.807, 2.05) is 6.20 Å². The fraction of sp³-hybridized carbons (Fsp3) is 0.522. The third-order valence-electron chi connectivity index (χ3n) is 5.66. The summed E-state index contributed by atoms with van der Waals surface area (Å²) in [6.45, 7) is 13.7. The van der Waals surface area contributed by atoms with Crippen molar-refractivity contribution < 1.29 is 5.11 Å². The monoisotopic (exact) mass is 382 g/mol. The highest BCUT2D eigenvalue weighted by Crippen LogP contribution is 2.27. The van der Waals surface area contributed by atoms with Crippen LogP contribution < -0.4 is 0 Å². The van der Waals surface area contributed by atoms with Gasteiger partial charge >= 0.3 is 0 Å². The second-order valence-corrected chi connectivity index (χ2v) is 8.27. The van der Waals surface area contributed by atoms with Crippen molar-refractivity contribution in [3.8, 4) is 11.3 Å². The second-order valence-electron chi connectivity index (χ2n) is 8.27. The maximum absolute atomic E-state index is 9.53. The van der Waals surface area contributed by atoms with E-state index >= 15 is 0 Å². The first-order chi connectivity index (χ1) is 13.5. The van der Waals surface area contributed by atoms with Gasteiger partial charge in [0.05, 0.1) is 11.9 Å². The van der Waals surface area contributed by atoms with Gasteiger partial charge < -0.3 is 5.11 Å². The minimum atomic E-state index is 0.239. The van der Waals surface area contributed by atoms with Gasteiger partial charge in [0.15, 0.2) is 0 Å². The molecule has 152 valence electrons. The first kappa shape index (κ1) is 20.8. The molecule has 1 aromatic carbocycles. The first-order valence-corrected chi connectivity index (χ1v) is 10.3. The highest BCUT2D eigenvalue weighted by molar-refractivity contribution is 5.67. The molecule has 0 saturated carbocycles. The van der Waals surface area contributed by atoms with Crippen LogP contribution >= 0.6 is 0 Å². The Hall–Kier alpha value is -1.95. The SMILES string of the molecule is CC(C)=CCN1CCN(Cc2cn[nH]c2-c2cc(C)ccc2C)CC1CCO. The van der Waals surface area contributed by atoms with Gasteiger partial charge in [0.1, 0.15) is 0 Å². The molecule has 1 saturated heterocycles. The largest absolute Gasteiger partial charge is 0.396 e. The summed E-state index contributed by atoms with van der Waals surface area (Å²) in [6.07, 6.45) is 5.07. The topological polar surface area (TPSA) is 55.4 Å². The molecular formula is C23H34N4O. The number of piperazine rings is 1. The summed E-state index contributed by atoms with van der Waals surface area (Å²) < 4.78 is 0. The number of hydrogen-bond acceptors (Lipinski definition) is 4. The van der Waals surface area contributed by atoms with Crippen molar-refractivity contribution in [3.05, 3.63) is 52.7 Å². The molecule has 0 spiro atoms. The molecule has 1 atom stereocenters.